The van der Waals surface area contributed by atoms with Crippen molar-refractivity contribution >= 4 is 16.9 Å². The minimum absolute atomic E-state index is 0.395. The summed E-state index contributed by atoms with van der Waals surface area (Å²) in [5, 5.41) is 0. The zero-order chi connectivity index (χ0) is 13.0. The Morgan fingerprint density at radius 2 is 1.94 bits per heavy atom. The molecule has 2 rings (SSSR count). The van der Waals surface area contributed by atoms with Gasteiger partial charge in [0.1, 0.15) is 5.82 Å². The molecule has 0 aliphatic carbocycles. The standard InChI is InChI=1S/C14H20N4/c1-11(2)18(9-5-8-15)14-10-16-12-6-3-4-7-13(12)17-14/h3-4,6-7,10-11H,5,8-9,15H2,1-2H3. The van der Waals surface area contributed by atoms with Gasteiger partial charge in [-0.1, -0.05) is 12.1 Å². The quantitative estimate of drug-likeness (QED) is 0.876. The number of aromatic nitrogens is 2. The third-order valence-corrected chi connectivity index (χ3v) is 2.96. The fourth-order valence-corrected chi connectivity index (χ4v) is 1.98. The smallest absolute Gasteiger partial charge is 0.148 e. The second-order valence-electron chi connectivity index (χ2n) is 4.65. The number of fused-ring (bicyclic) bond motifs is 1. The normalized spacial score (nSPS) is 11.1. The van der Waals surface area contributed by atoms with Crippen molar-refractivity contribution in [1.29, 1.82) is 0 Å². The van der Waals surface area contributed by atoms with Crippen molar-refractivity contribution in [3.8, 4) is 0 Å². The van der Waals surface area contributed by atoms with E-state index in [9.17, 15) is 0 Å². The van der Waals surface area contributed by atoms with Gasteiger partial charge < -0.3 is 10.6 Å². The Morgan fingerprint density at radius 1 is 1.22 bits per heavy atom. The average molecular weight is 244 g/mol. The molecule has 0 fully saturated rings. The first-order chi connectivity index (χ1) is 8.72. The first kappa shape index (κ1) is 12.8. The number of hydrogen-bond acceptors (Lipinski definition) is 4. The maximum atomic E-state index is 5.58. The molecule has 2 aromatic rings. The van der Waals surface area contributed by atoms with Gasteiger partial charge in [0.15, 0.2) is 0 Å². The van der Waals surface area contributed by atoms with Crippen molar-refractivity contribution < 1.29 is 0 Å². The lowest BCUT2D eigenvalue weighted by Gasteiger charge is -2.27. The predicted octanol–water partition coefficient (Wildman–Crippen LogP) is 2.19. The van der Waals surface area contributed by atoms with E-state index < -0.39 is 0 Å². The van der Waals surface area contributed by atoms with Gasteiger partial charge in [-0.3, -0.25) is 4.98 Å². The van der Waals surface area contributed by atoms with Crippen LogP contribution >= 0.6 is 0 Å². The summed E-state index contributed by atoms with van der Waals surface area (Å²) in [5.41, 5.74) is 7.46. The van der Waals surface area contributed by atoms with Gasteiger partial charge in [0.2, 0.25) is 0 Å². The Labute approximate surface area is 108 Å². The minimum Gasteiger partial charge on any atom is -0.353 e. The summed E-state index contributed by atoms with van der Waals surface area (Å²) in [6.45, 7) is 5.94. The highest BCUT2D eigenvalue weighted by Gasteiger charge is 2.12. The van der Waals surface area contributed by atoms with E-state index in [0.29, 0.717) is 12.6 Å². The molecule has 0 saturated carbocycles. The molecule has 4 heteroatoms. The van der Waals surface area contributed by atoms with E-state index in [2.05, 4.69) is 28.7 Å². The van der Waals surface area contributed by atoms with E-state index in [1.54, 1.807) is 0 Å². The van der Waals surface area contributed by atoms with Crippen molar-refractivity contribution in [3.05, 3.63) is 30.5 Å². The van der Waals surface area contributed by atoms with Crippen molar-refractivity contribution in [2.75, 3.05) is 18.0 Å². The number of nitrogens with two attached hydrogens (primary N) is 1. The van der Waals surface area contributed by atoms with Crippen molar-refractivity contribution in [3.63, 3.8) is 0 Å². The second kappa shape index (κ2) is 5.78. The first-order valence-corrected chi connectivity index (χ1v) is 6.41. The van der Waals surface area contributed by atoms with Crippen molar-refractivity contribution in [2.45, 2.75) is 26.3 Å². The maximum absolute atomic E-state index is 5.58. The van der Waals surface area contributed by atoms with Crippen LogP contribution in [-0.2, 0) is 0 Å². The molecule has 1 aromatic heterocycles. The van der Waals surface area contributed by atoms with Gasteiger partial charge in [-0.05, 0) is 38.9 Å². The Morgan fingerprint density at radius 3 is 2.61 bits per heavy atom. The van der Waals surface area contributed by atoms with E-state index in [4.69, 9.17) is 5.73 Å². The molecule has 0 bridgehead atoms. The van der Waals surface area contributed by atoms with Crippen LogP contribution < -0.4 is 10.6 Å². The third-order valence-electron chi connectivity index (χ3n) is 2.96. The van der Waals surface area contributed by atoms with Crippen LogP contribution in [-0.4, -0.2) is 29.1 Å². The number of anilines is 1. The van der Waals surface area contributed by atoms with Crippen molar-refractivity contribution in [1.82, 2.24) is 9.97 Å². The fourth-order valence-electron chi connectivity index (χ4n) is 1.98. The van der Waals surface area contributed by atoms with Crippen LogP contribution in [0.15, 0.2) is 30.5 Å². The molecular formula is C14H20N4. The highest BCUT2D eigenvalue weighted by atomic mass is 15.2. The third kappa shape index (κ3) is 2.76. The summed E-state index contributed by atoms with van der Waals surface area (Å²) in [4.78, 5) is 11.4. The topological polar surface area (TPSA) is 55.0 Å². The van der Waals surface area contributed by atoms with E-state index >= 15 is 0 Å². The Kier molecular flexibility index (Phi) is 4.10. The van der Waals surface area contributed by atoms with Gasteiger partial charge in [0.05, 0.1) is 17.2 Å². The summed E-state index contributed by atoms with van der Waals surface area (Å²) >= 11 is 0. The zero-order valence-electron chi connectivity index (χ0n) is 11.0. The molecule has 1 aromatic carbocycles. The lowest BCUT2D eigenvalue weighted by atomic mass is 10.2. The van der Waals surface area contributed by atoms with Crippen LogP contribution in [0.25, 0.3) is 11.0 Å². The summed E-state index contributed by atoms with van der Waals surface area (Å²) < 4.78 is 0. The number of rotatable bonds is 5. The molecule has 0 spiro atoms. The minimum atomic E-state index is 0.395. The first-order valence-electron chi connectivity index (χ1n) is 6.41. The van der Waals surface area contributed by atoms with Gasteiger partial charge in [0, 0.05) is 12.6 Å². The van der Waals surface area contributed by atoms with E-state index in [-0.39, 0.29) is 0 Å². The molecule has 1 heterocycles. The largest absolute Gasteiger partial charge is 0.353 e. The van der Waals surface area contributed by atoms with Crippen LogP contribution in [0, 0.1) is 0 Å². The number of benzene rings is 1. The summed E-state index contributed by atoms with van der Waals surface area (Å²) in [6, 6.07) is 8.33. The lowest BCUT2D eigenvalue weighted by Crippen LogP contribution is -2.33. The molecule has 0 aliphatic rings. The SMILES string of the molecule is CC(C)N(CCCN)c1cnc2ccccc2n1. The molecule has 0 saturated heterocycles. The fraction of sp³-hybridized carbons (Fsp3) is 0.429. The molecule has 0 unspecified atom stereocenters. The highest BCUT2D eigenvalue weighted by Crippen LogP contribution is 2.17. The van der Waals surface area contributed by atoms with E-state index in [1.807, 2.05) is 30.5 Å². The Hall–Kier alpha value is -1.68. The number of para-hydroxylation sites is 2. The summed E-state index contributed by atoms with van der Waals surface area (Å²) in [5.74, 6) is 0.928. The molecule has 0 atom stereocenters. The Balaban J connectivity index is 2.32. The maximum Gasteiger partial charge on any atom is 0.148 e. The monoisotopic (exact) mass is 244 g/mol. The average Bonchev–Trinajstić information content (AvgIpc) is 2.38. The number of hydrogen-bond donors (Lipinski definition) is 1. The molecule has 0 aliphatic heterocycles. The van der Waals surface area contributed by atoms with Crippen LogP contribution in [0.1, 0.15) is 20.3 Å². The second-order valence-corrected chi connectivity index (χ2v) is 4.65. The molecule has 2 N–H and O–H groups in total. The van der Waals surface area contributed by atoms with Crippen LogP contribution in [0.3, 0.4) is 0 Å². The van der Waals surface area contributed by atoms with Crippen molar-refractivity contribution in [2.24, 2.45) is 5.73 Å². The molecule has 96 valence electrons. The van der Waals surface area contributed by atoms with Gasteiger partial charge in [0.25, 0.3) is 0 Å². The van der Waals surface area contributed by atoms with Gasteiger partial charge in [-0.2, -0.15) is 0 Å². The van der Waals surface area contributed by atoms with Gasteiger partial charge >= 0.3 is 0 Å². The zero-order valence-corrected chi connectivity index (χ0v) is 11.0. The van der Waals surface area contributed by atoms with Gasteiger partial charge in [-0.15, -0.1) is 0 Å². The lowest BCUT2D eigenvalue weighted by molar-refractivity contribution is 0.649. The number of nitrogens with zero attached hydrogens (tertiary/aromatic N) is 3. The van der Waals surface area contributed by atoms with Crippen LogP contribution in [0.2, 0.25) is 0 Å². The van der Waals surface area contributed by atoms with Gasteiger partial charge in [-0.25, -0.2) is 4.98 Å². The van der Waals surface area contributed by atoms with E-state index in [0.717, 1.165) is 29.8 Å². The molecule has 0 amide bonds. The molecular weight excluding hydrogens is 224 g/mol. The van der Waals surface area contributed by atoms with E-state index in [1.165, 1.54) is 0 Å². The molecule has 4 nitrogen and oxygen atoms in total. The predicted molar refractivity (Wildman–Crippen MR) is 75.7 cm³/mol. The highest BCUT2D eigenvalue weighted by molar-refractivity contribution is 5.75. The molecule has 18 heavy (non-hydrogen) atoms. The summed E-state index contributed by atoms with van der Waals surface area (Å²) in [7, 11) is 0. The molecule has 0 radical (unpaired) electrons. The summed E-state index contributed by atoms with van der Waals surface area (Å²) in [6.07, 6.45) is 2.81. The van der Waals surface area contributed by atoms with Crippen LogP contribution in [0.4, 0.5) is 5.82 Å². The Bertz CT molecular complexity index is 510. The van der Waals surface area contributed by atoms with Crippen LogP contribution in [0.5, 0.6) is 0 Å².